The van der Waals surface area contributed by atoms with Crippen LogP contribution in [0.3, 0.4) is 0 Å². The van der Waals surface area contributed by atoms with Crippen molar-refractivity contribution in [1.82, 2.24) is 9.80 Å². The van der Waals surface area contributed by atoms with Gasteiger partial charge in [0, 0.05) is 39.3 Å². The summed E-state index contributed by atoms with van der Waals surface area (Å²) in [7, 11) is 0. The molecule has 0 aromatic carbocycles. The third-order valence-corrected chi connectivity index (χ3v) is 3.09. The van der Waals surface area contributed by atoms with E-state index in [9.17, 15) is 0 Å². The molecule has 0 aliphatic carbocycles. The Balaban J connectivity index is 0.00000225. The standard InChI is InChI=1S/C12H27N3.ClH/c1-12(2,3)4-6-14-8-10-15(7-5-13)11-9-14;/h4-11,13H2,1-3H3;1H. The van der Waals surface area contributed by atoms with Crippen molar-refractivity contribution in [1.29, 1.82) is 0 Å². The average molecular weight is 250 g/mol. The first kappa shape index (κ1) is 16.2. The number of rotatable bonds is 4. The van der Waals surface area contributed by atoms with Gasteiger partial charge in [0.25, 0.3) is 0 Å². The predicted molar refractivity (Wildman–Crippen MR) is 73.3 cm³/mol. The van der Waals surface area contributed by atoms with Crippen LogP contribution >= 0.6 is 12.4 Å². The van der Waals surface area contributed by atoms with Crippen LogP contribution in [0.5, 0.6) is 0 Å². The first-order valence-electron chi connectivity index (χ1n) is 6.16. The van der Waals surface area contributed by atoms with E-state index in [0.717, 1.165) is 13.1 Å². The van der Waals surface area contributed by atoms with E-state index in [0.29, 0.717) is 5.41 Å². The monoisotopic (exact) mass is 249 g/mol. The molecule has 2 N–H and O–H groups in total. The topological polar surface area (TPSA) is 32.5 Å². The minimum absolute atomic E-state index is 0. The lowest BCUT2D eigenvalue weighted by atomic mass is 9.92. The van der Waals surface area contributed by atoms with Crippen LogP contribution in [0.15, 0.2) is 0 Å². The largest absolute Gasteiger partial charge is 0.329 e. The summed E-state index contributed by atoms with van der Waals surface area (Å²) in [5.41, 5.74) is 6.02. The van der Waals surface area contributed by atoms with Gasteiger partial charge in [0.05, 0.1) is 0 Å². The number of halogens is 1. The highest BCUT2D eigenvalue weighted by Gasteiger charge is 2.18. The second-order valence-electron chi connectivity index (χ2n) is 5.78. The zero-order valence-corrected chi connectivity index (χ0v) is 11.9. The highest BCUT2D eigenvalue weighted by atomic mass is 35.5. The molecule has 16 heavy (non-hydrogen) atoms. The van der Waals surface area contributed by atoms with E-state index in [1.54, 1.807) is 0 Å². The number of hydrogen-bond donors (Lipinski definition) is 1. The molecule has 1 aliphatic heterocycles. The van der Waals surface area contributed by atoms with Crippen molar-refractivity contribution < 1.29 is 0 Å². The molecule has 4 heteroatoms. The van der Waals surface area contributed by atoms with Crippen LogP contribution in [-0.2, 0) is 0 Å². The van der Waals surface area contributed by atoms with Crippen molar-refractivity contribution in [3.8, 4) is 0 Å². The number of piperazine rings is 1. The molecule has 0 radical (unpaired) electrons. The zero-order chi connectivity index (χ0) is 11.3. The molecule has 0 saturated carbocycles. The molecule has 0 bridgehead atoms. The maximum atomic E-state index is 5.55. The maximum absolute atomic E-state index is 5.55. The molecule has 1 rings (SSSR count). The summed E-state index contributed by atoms with van der Waals surface area (Å²) in [6.45, 7) is 14.9. The quantitative estimate of drug-likeness (QED) is 0.818. The SMILES string of the molecule is CC(C)(C)CCN1CCN(CCN)CC1.Cl. The Labute approximate surface area is 107 Å². The average Bonchev–Trinajstić information content (AvgIpc) is 2.16. The highest BCUT2D eigenvalue weighted by molar-refractivity contribution is 5.85. The van der Waals surface area contributed by atoms with Crippen molar-refractivity contribution in [2.24, 2.45) is 11.1 Å². The van der Waals surface area contributed by atoms with Crippen LogP contribution in [-0.4, -0.2) is 55.6 Å². The van der Waals surface area contributed by atoms with Crippen molar-refractivity contribution in [2.75, 3.05) is 45.8 Å². The van der Waals surface area contributed by atoms with Crippen molar-refractivity contribution in [3.63, 3.8) is 0 Å². The molecule has 1 aliphatic rings. The fourth-order valence-corrected chi connectivity index (χ4v) is 1.91. The normalized spacial score (nSPS) is 19.5. The molecule has 1 saturated heterocycles. The molecule has 0 amide bonds. The Kier molecular flexibility index (Phi) is 7.57. The van der Waals surface area contributed by atoms with E-state index in [-0.39, 0.29) is 12.4 Å². The van der Waals surface area contributed by atoms with Gasteiger partial charge in [-0.15, -0.1) is 12.4 Å². The lowest BCUT2D eigenvalue weighted by Gasteiger charge is -2.35. The molecule has 1 fully saturated rings. The summed E-state index contributed by atoms with van der Waals surface area (Å²) in [4.78, 5) is 5.05. The Hall–Kier alpha value is 0.170. The third-order valence-electron chi connectivity index (χ3n) is 3.09. The molecule has 0 aromatic rings. The fraction of sp³-hybridized carbons (Fsp3) is 1.00. The molecule has 98 valence electrons. The van der Waals surface area contributed by atoms with Gasteiger partial charge in [0.1, 0.15) is 0 Å². The molecule has 0 atom stereocenters. The van der Waals surface area contributed by atoms with Crippen LogP contribution in [0.1, 0.15) is 27.2 Å². The van der Waals surface area contributed by atoms with Gasteiger partial charge in [-0.2, -0.15) is 0 Å². The Morgan fingerprint density at radius 3 is 1.75 bits per heavy atom. The van der Waals surface area contributed by atoms with E-state index < -0.39 is 0 Å². The molecule has 3 nitrogen and oxygen atoms in total. The highest BCUT2D eigenvalue weighted by Crippen LogP contribution is 2.19. The van der Waals surface area contributed by atoms with E-state index in [1.807, 2.05) is 0 Å². The van der Waals surface area contributed by atoms with E-state index in [1.165, 1.54) is 39.1 Å². The van der Waals surface area contributed by atoms with Gasteiger partial charge >= 0.3 is 0 Å². The summed E-state index contributed by atoms with van der Waals surface area (Å²) in [6.07, 6.45) is 1.30. The fourth-order valence-electron chi connectivity index (χ4n) is 1.91. The Bertz CT molecular complexity index is 172. The van der Waals surface area contributed by atoms with Gasteiger partial charge in [-0.05, 0) is 18.4 Å². The van der Waals surface area contributed by atoms with Crippen LogP contribution in [0.4, 0.5) is 0 Å². The van der Waals surface area contributed by atoms with Gasteiger partial charge in [0.15, 0.2) is 0 Å². The molecule has 0 unspecified atom stereocenters. The van der Waals surface area contributed by atoms with Crippen LogP contribution in [0.25, 0.3) is 0 Å². The summed E-state index contributed by atoms with van der Waals surface area (Å²) < 4.78 is 0. The zero-order valence-electron chi connectivity index (χ0n) is 11.0. The first-order chi connectivity index (χ1) is 7.01. The predicted octanol–water partition coefficient (Wildman–Crippen LogP) is 1.42. The second kappa shape index (κ2) is 7.49. The Morgan fingerprint density at radius 2 is 1.38 bits per heavy atom. The molecule has 1 heterocycles. The van der Waals surface area contributed by atoms with Crippen molar-refractivity contribution >= 4 is 12.4 Å². The molecular formula is C12H28ClN3. The minimum Gasteiger partial charge on any atom is -0.329 e. The van der Waals surface area contributed by atoms with Crippen LogP contribution < -0.4 is 5.73 Å². The van der Waals surface area contributed by atoms with Gasteiger partial charge in [0.2, 0.25) is 0 Å². The molecule has 0 spiro atoms. The third kappa shape index (κ3) is 6.69. The number of hydrogen-bond acceptors (Lipinski definition) is 3. The maximum Gasteiger partial charge on any atom is 0.0110 e. The summed E-state index contributed by atoms with van der Waals surface area (Å²) >= 11 is 0. The summed E-state index contributed by atoms with van der Waals surface area (Å²) in [5.74, 6) is 0. The molecular weight excluding hydrogens is 222 g/mol. The van der Waals surface area contributed by atoms with Gasteiger partial charge in [-0.25, -0.2) is 0 Å². The van der Waals surface area contributed by atoms with Crippen molar-refractivity contribution in [2.45, 2.75) is 27.2 Å². The number of nitrogens with two attached hydrogens (primary N) is 1. The first-order valence-corrected chi connectivity index (χ1v) is 6.16. The van der Waals surface area contributed by atoms with Crippen LogP contribution in [0.2, 0.25) is 0 Å². The lowest BCUT2D eigenvalue weighted by molar-refractivity contribution is 0.123. The van der Waals surface area contributed by atoms with Crippen molar-refractivity contribution in [3.05, 3.63) is 0 Å². The van der Waals surface area contributed by atoms with E-state index in [2.05, 4.69) is 30.6 Å². The smallest absolute Gasteiger partial charge is 0.0110 e. The lowest BCUT2D eigenvalue weighted by Crippen LogP contribution is -2.48. The van der Waals surface area contributed by atoms with Crippen LogP contribution in [0, 0.1) is 5.41 Å². The molecule has 0 aromatic heterocycles. The van der Waals surface area contributed by atoms with Gasteiger partial charge in [-0.3, -0.25) is 4.90 Å². The van der Waals surface area contributed by atoms with E-state index >= 15 is 0 Å². The van der Waals surface area contributed by atoms with E-state index in [4.69, 9.17) is 5.73 Å². The summed E-state index contributed by atoms with van der Waals surface area (Å²) in [6, 6.07) is 0. The van der Waals surface area contributed by atoms with Gasteiger partial charge in [-0.1, -0.05) is 20.8 Å². The van der Waals surface area contributed by atoms with Gasteiger partial charge < -0.3 is 10.6 Å². The minimum atomic E-state index is 0. The number of nitrogens with zero attached hydrogens (tertiary/aromatic N) is 2. The summed E-state index contributed by atoms with van der Waals surface area (Å²) in [5, 5.41) is 0. The Morgan fingerprint density at radius 1 is 0.938 bits per heavy atom. The second-order valence-corrected chi connectivity index (χ2v) is 5.78.